The van der Waals surface area contributed by atoms with E-state index < -0.39 is 0 Å². The van der Waals surface area contributed by atoms with E-state index in [-0.39, 0.29) is 0 Å². The zero-order chi connectivity index (χ0) is 14.0. The van der Waals surface area contributed by atoms with Crippen molar-refractivity contribution < 1.29 is 4.74 Å². The molecule has 2 nitrogen and oxygen atoms in total. The Labute approximate surface area is 122 Å². The van der Waals surface area contributed by atoms with Crippen LogP contribution in [0.25, 0.3) is 0 Å². The summed E-state index contributed by atoms with van der Waals surface area (Å²) in [6, 6.07) is 9.54. The highest BCUT2D eigenvalue weighted by Gasteiger charge is 2.37. The van der Waals surface area contributed by atoms with E-state index in [2.05, 4.69) is 36.5 Å². The molecular weight excluding hydrogens is 246 g/mol. The number of hydrogen-bond acceptors (Lipinski definition) is 2. The predicted octanol–water partition coefficient (Wildman–Crippen LogP) is 3.90. The maximum atomic E-state index is 5.43. The summed E-state index contributed by atoms with van der Waals surface area (Å²) in [5.41, 5.74) is 1.79. The van der Waals surface area contributed by atoms with Gasteiger partial charge in [0.15, 0.2) is 0 Å². The molecule has 1 aromatic rings. The number of rotatable bonds is 5. The molecule has 2 aliphatic carbocycles. The highest BCUT2D eigenvalue weighted by Crippen LogP contribution is 2.42. The Morgan fingerprint density at radius 1 is 1.20 bits per heavy atom. The number of hydrogen-bond donors (Lipinski definition) is 1. The van der Waals surface area contributed by atoms with E-state index in [4.69, 9.17) is 4.74 Å². The Hall–Kier alpha value is -1.02. The van der Waals surface area contributed by atoms with E-state index >= 15 is 0 Å². The maximum absolute atomic E-state index is 5.43. The molecule has 0 radical (unpaired) electrons. The molecule has 2 heteroatoms. The monoisotopic (exact) mass is 273 g/mol. The molecule has 2 aliphatic rings. The van der Waals surface area contributed by atoms with Gasteiger partial charge in [0.05, 0.1) is 7.11 Å². The molecule has 1 N–H and O–H groups in total. The SMILES string of the molecule is COc1cccc(C2(CNC3CC3)CCC(C)CC2)c1. The van der Waals surface area contributed by atoms with Gasteiger partial charge in [0.25, 0.3) is 0 Å². The van der Waals surface area contributed by atoms with Crippen LogP contribution in [0.5, 0.6) is 5.75 Å². The van der Waals surface area contributed by atoms with Gasteiger partial charge in [-0.05, 0) is 62.1 Å². The molecule has 0 heterocycles. The largest absolute Gasteiger partial charge is 0.497 e. The molecule has 0 aromatic heterocycles. The van der Waals surface area contributed by atoms with Gasteiger partial charge in [0, 0.05) is 18.0 Å². The minimum atomic E-state index is 0.323. The summed E-state index contributed by atoms with van der Waals surface area (Å²) >= 11 is 0. The van der Waals surface area contributed by atoms with Crippen LogP contribution in [0.4, 0.5) is 0 Å². The Bertz CT molecular complexity index is 444. The molecular formula is C18H27NO. The molecule has 1 aromatic carbocycles. The Morgan fingerprint density at radius 3 is 2.60 bits per heavy atom. The molecule has 2 saturated carbocycles. The average Bonchev–Trinajstić information content (AvgIpc) is 3.31. The standard InChI is InChI=1S/C18H27NO/c1-14-8-10-18(11-9-14,13-19-16-6-7-16)15-4-3-5-17(12-15)20-2/h3-5,12,14,16,19H,6-11,13H2,1-2H3. The summed E-state index contributed by atoms with van der Waals surface area (Å²) in [5.74, 6) is 1.88. The molecule has 0 saturated heterocycles. The van der Waals surface area contributed by atoms with Crippen molar-refractivity contribution in [3.05, 3.63) is 29.8 Å². The molecule has 110 valence electrons. The van der Waals surface area contributed by atoms with Gasteiger partial charge < -0.3 is 10.1 Å². The van der Waals surface area contributed by atoms with Crippen molar-refractivity contribution >= 4 is 0 Å². The van der Waals surface area contributed by atoms with Crippen LogP contribution in [0.1, 0.15) is 51.0 Å². The van der Waals surface area contributed by atoms with Crippen molar-refractivity contribution in [1.29, 1.82) is 0 Å². The summed E-state index contributed by atoms with van der Waals surface area (Å²) in [6.07, 6.45) is 8.05. The van der Waals surface area contributed by atoms with E-state index in [0.717, 1.165) is 24.3 Å². The second-order valence-corrected chi connectivity index (χ2v) is 6.85. The second kappa shape index (κ2) is 5.77. The van der Waals surface area contributed by atoms with Gasteiger partial charge in [-0.15, -0.1) is 0 Å². The first-order chi connectivity index (χ1) is 9.72. The second-order valence-electron chi connectivity index (χ2n) is 6.85. The maximum Gasteiger partial charge on any atom is 0.119 e. The molecule has 0 spiro atoms. The average molecular weight is 273 g/mol. The highest BCUT2D eigenvalue weighted by molar-refractivity contribution is 5.35. The van der Waals surface area contributed by atoms with Crippen molar-refractivity contribution in [1.82, 2.24) is 5.32 Å². The third-order valence-corrected chi connectivity index (χ3v) is 5.22. The summed E-state index contributed by atoms with van der Waals surface area (Å²) < 4.78 is 5.43. The summed E-state index contributed by atoms with van der Waals surface area (Å²) in [6.45, 7) is 3.53. The fourth-order valence-electron chi connectivity index (χ4n) is 3.46. The number of nitrogens with one attached hydrogen (secondary N) is 1. The quantitative estimate of drug-likeness (QED) is 0.878. The highest BCUT2D eigenvalue weighted by atomic mass is 16.5. The first-order valence-corrected chi connectivity index (χ1v) is 8.10. The summed E-state index contributed by atoms with van der Waals surface area (Å²) in [7, 11) is 1.76. The van der Waals surface area contributed by atoms with Crippen LogP contribution < -0.4 is 10.1 Å². The molecule has 0 bridgehead atoms. The molecule has 0 atom stereocenters. The van der Waals surface area contributed by atoms with Crippen LogP contribution in [0.2, 0.25) is 0 Å². The van der Waals surface area contributed by atoms with Crippen molar-refractivity contribution in [2.45, 2.75) is 56.9 Å². The predicted molar refractivity (Wildman–Crippen MR) is 83.3 cm³/mol. The molecule has 20 heavy (non-hydrogen) atoms. The van der Waals surface area contributed by atoms with Gasteiger partial charge in [-0.1, -0.05) is 19.1 Å². The fourth-order valence-corrected chi connectivity index (χ4v) is 3.46. The lowest BCUT2D eigenvalue weighted by atomic mass is 9.67. The van der Waals surface area contributed by atoms with E-state index in [1.807, 2.05) is 0 Å². The van der Waals surface area contributed by atoms with Crippen LogP contribution in [-0.4, -0.2) is 19.7 Å². The number of methoxy groups -OCH3 is 1. The molecule has 0 amide bonds. The van der Waals surface area contributed by atoms with E-state index in [1.165, 1.54) is 44.1 Å². The molecule has 0 aliphatic heterocycles. The van der Waals surface area contributed by atoms with Crippen molar-refractivity contribution in [3.8, 4) is 5.75 Å². The van der Waals surface area contributed by atoms with Gasteiger partial charge in [0.1, 0.15) is 5.75 Å². The van der Waals surface area contributed by atoms with Crippen LogP contribution in [0.3, 0.4) is 0 Å². The number of ether oxygens (including phenoxy) is 1. The van der Waals surface area contributed by atoms with Crippen molar-refractivity contribution in [3.63, 3.8) is 0 Å². The van der Waals surface area contributed by atoms with E-state index in [0.29, 0.717) is 5.41 Å². The lowest BCUT2D eigenvalue weighted by molar-refractivity contribution is 0.232. The van der Waals surface area contributed by atoms with Crippen molar-refractivity contribution in [2.24, 2.45) is 5.92 Å². The Kier molecular flexibility index (Phi) is 4.02. The lowest BCUT2D eigenvalue weighted by Crippen LogP contribution is -2.41. The van der Waals surface area contributed by atoms with Gasteiger partial charge in [-0.3, -0.25) is 0 Å². The van der Waals surface area contributed by atoms with Gasteiger partial charge in [0.2, 0.25) is 0 Å². The summed E-state index contributed by atoms with van der Waals surface area (Å²) in [4.78, 5) is 0. The topological polar surface area (TPSA) is 21.3 Å². The van der Waals surface area contributed by atoms with Crippen LogP contribution in [0.15, 0.2) is 24.3 Å². The Balaban J connectivity index is 1.82. The minimum absolute atomic E-state index is 0.323. The van der Waals surface area contributed by atoms with Crippen LogP contribution >= 0.6 is 0 Å². The van der Waals surface area contributed by atoms with E-state index in [1.54, 1.807) is 7.11 Å². The zero-order valence-corrected chi connectivity index (χ0v) is 12.8. The smallest absolute Gasteiger partial charge is 0.119 e. The fraction of sp³-hybridized carbons (Fsp3) is 0.667. The van der Waals surface area contributed by atoms with Crippen LogP contribution in [0, 0.1) is 5.92 Å². The summed E-state index contributed by atoms with van der Waals surface area (Å²) in [5, 5.41) is 3.78. The lowest BCUT2D eigenvalue weighted by Gasteiger charge is -2.40. The minimum Gasteiger partial charge on any atom is -0.497 e. The normalized spacial score (nSPS) is 30.2. The van der Waals surface area contributed by atoms with Crippen molar-refractivity contribution in [2.75, 3.05) is 13.7 Å². The molecule has 0 unspecified atom stereocenters. The first-order valence-electron chi connectivity index (χ1n) is 8.10. The third-order valence-electron chi connectivity index (χ3n) is 5.22. The third kappa shape index (κ3) is 3.01. The van der Waals surface area contributed by atoms with Gasteiger partial charge in [-0.2, -0.15) is 0 Å². The van der Waals surface area contributed by atoms with Crippen LogP contribution in [-0.2, 0) is 5.41 Å². The molecule has 2 fully saturated rings. The number of benzene rings is 1. The first kappa shape index (κ1) is 13.9. The molecule has 3 rings (SSSR count). The van der Waals surface area contributed by atoms with Gasteiger partial charge in [-0.25, -0.2) is 0 Å². The zero-order valence-electron chi connectivity index (χ0n) is 12.8. The Morgan fingerprint density at radius 2 is 1.95 bits per heavy atom. The van der Waals surface area contributed by atoms with Gasteiger partial charge >= 0.3 is 0 Å². The van der Waals surface area contributed by atoms with E-state index in [9.17, 15) is 0 Å².